The van der Waals surface area contributed by atoms with Crippen molar-refractivity contribution in [3.8, 4) is 11.5 Å². The summed E-state index contributed by atoms with van der Waals surface area (Å²) < 4.78 is 12.7. The summed E-state index contributed by atoms with van der Waals surface area (Å²) >= 11 is 0. The van der Waals surface area contributed by atoms with E-state index in [-0.39, 0.29) is 17.0 Å². The van der Waals surface area contributed by atoms with E-state index in [1.54, 1.807) is 6.92 Å². The molecule has 0 spiro atoms. The number of benzene rings is 2. The molecular formula is C21H23N3O5. The molecule has 152 valence electrons. The number of nitro groups is 1. The number of nitrogens with one attached hydrogen (secondary N) is 1. The summed E-state index contributed by atoms with van der Waals surface area (Å²) in [7, 11) is 1.40. The van der Waals surface area contributed by atoms with Crippen molar-refractivity contribution in [2.75, 3.05) is 20.3 Å². The molecule has 0 aliphatic rings. The SMILES string of the molecule is CCOc1cc(C(=O)NCCCn2ccc3ccccc32)c([N+](=O)[O-])cc1OC. The Hall–Kier alpha value is -3.55. The Balaban J connectivity index is 1.68. The van der Waals surface area contributed by atoms with Crippen molar-refractivity contribution in [1.29, 1.82) is 0 Å². The van der Waals surface area contributed by atoms with E-state index in [1.807, 2.05) is 36.5 Å². The fraction of sp³-hybridized carbons (Fsp3) is 0.286. The summed E-state index contributed by atoms with van der Waals surface area (Å²) in [6, 6.07) is 12.7. The number of aromatic nitrogens is 1. The minimum absolute atomic E-state index is 0.0503. The molecule has 1 aromatic heterocycles. The zero-order valence-corrected chi connectivity index (χ0v) is 16.4. The number of carbonyl (C=O) groups is 1. The summed E-state index contributed by atoms with van der Waals surface area (Å²) in [5, 5.41) is 15.3. The normalized spacial score (nSPS) is 10.7. The second-order valence-corrected chi connectivity index (χ2v) is 6.39. The van der Waals surface area contributed by atoms with Crippen LogP contribution in [0.2, 0.25) is 0 Å². The van der Waals surface area contributed by atoms with Crippen LogP contribution in [0.25, 0.3) is 10.9 Å². The molecule has 1 N–H and O–H groups in total. The van der Waals surface area contributed by atoms with E-state index in [0.717, 1.165) is 17.4 Å². The van der Waals surface area contributed by atoms with Gasteiger partial charge in [-0.2, -0.15) is 0 Å². The molecule has 1 heterocycles. The Bertz CT molecular complexity index is 1030. The van der Waals surface area contributed by atoms with Crippen LogP contribution in [0, 0.1) is 10.1 Å². The molecular weight excluding hydrogens is 374 g/mol. The number of aryl methyl sites for hydroxylation is 1. The van der Waals surface area contributed by atoms with Gasteiger partial charge in [0.05, 0.1) is 24.7 Å². The van der Waals surface area contributed by atoms with Gasteiger partial charge >= 0.3 is 0 Å². The van der Waals surface area contributed by atoms with E-state index in [9.17, 15) is 14.9 Å². The van der Waals surface area contributed by atoms with Crippen molar-refractivity contribution in [1.82, 2.24) is 9.88 Å². The maximum atomic E-state index is 12.6. The molecule has 3 aromatic rings. The highest BCUT2D eigenvalue weighted by atomic mass is 16.6. The minimum Gasteiger partial charge on any atom is -0.493 e. The van der Waals surface area contributed by atoms with Crippen molar-refractivity contribution >= 4 is 22.5 Å². The summed E-state index contributed by atoms with van der Waals surface area (Å²) in [6.45, 7) is 3.24. The van der Waals surface area contributed by atoms with Crippen LogP contribution in [0.5, 0.6) is 11.5 Å². The monoisotopic (exact) mass is 397 g/mol. The van der Waals surface area contributed by atoms with E-state index in [0.29, 0.717) is 25.3 Å². The van der Waals surface area contributed by atoms with Crippen molar-refractivity contribution in [2.24, 2.45) is 0 Å². The average molecular weight is 397 g/mol. The number of hydrogen-bond donors (Lipinski definition) is 1. The predicted octanol–water partition coefficient (Wildman–Crippen LogP) is 3.78. The van der Waals surface area contributed by atoms with Gasteiger partial charge in [0.25, 0.3) is 11.6 Å². The number of carbonyl (C=O) groups excluding carboxylic acids is 1. The molecule has 0 radical (unpaired) electrons. The Morgan fingerprint density at radius 1 is 1.21 bits per heavy atom. The number of nitro benzene ring substituents is 1. The molecule has 29 heavy (non-hydrogen) atoms. The van der Waals surface area contributed by atoms with Gasteiger partial charge < -0.3 is 19.4 Å². The second kappa shape index (κ2) is 9.09. The van der Waals surface area contributed by atoms with Crippen LogP contribution in [-0.2, 0) is 6.54 Å². The van der Waals surface area contributed by atoms with E-state index < -0.39 is 10.8 Å². The highest BCUT2D eigenvalue weighted by molar-refractivity contribution is 5.99. The lowest BCUT2D eigenvalue weighted by atomic mass is 10.1. The average Bonchev–Trinajstić information content (AvgIpc) is 3.14. The lowest BCUT2D eigenvalue weighted by molar-refractivity contribution is -0.385. The molecule has 0 aliphatic heterocycles. The second-order valence-electron chi connectivity index (χ2n) is 6.39. The Morgan fingerprint density at radius 3 is 2.72 bits per heavy atom. The molecule has 0 saturated carbocycles. The molecule has 2 aromatic carbocycles. The highest BCUT2D eigenvalue weighted by Crippen LogP contribution is 2.34. The number of methoxy groups -OCH3 is 1. The van der Waals surface area contributed by atoms with Gasteiger partial charge in [-0.15, -0.1) is 0 Å². The molecule has 0 saturated heterocycles. The number of para-hydroxylation sites is 1. The van der Waals surface area contributed by atoms with Gasteiger partial charge in [-0.1, -0.05) is 18.2 Å². The van der Waals surface area contributed by atoms with E-state index >= 15 is 0 Å². The Kier molecular flexibility index (Phi) is 6.33. The van der Waals surface area contributed by atoms with E-state index in [4.69, 9.17) is 9.47 Å². The zero-order valence-electron chi connectivity index (χ0n) is 16.4. The zero-order chi connectivity index (χ0) is 20.8. The first kappa shape index (κ1) is 20.2. The predicted molar refractivity (Wildman–Crippen MR) is 110 cm³/mol. The van der Waals surface area contributed by atoms with Crippen molar-refractivity contribution in [3.05, 3.63) is 64.3 Å². The molecule has 8 heteroatoms. The van der Waals surface area contributed by atoms with Gasteiger partial charge in [-0.05, 0) is 30.9 Å². The number of ether oxygens (including phenoxy) is 2. The standard InChI is InChI=1S/C21H23N3O5/c1-3-29-20-13-16(18(24(26)27)14-19(20)28-2)21(25)22-10-6-11-23-12-9-15-7-4-5-8-17(15)23/h4-5,7-9,12-14H,3,6,10-11H2,1-2H3,(H,22,25). The molecule has 1 amide bonds. The Labute approximate surface area is 168 Å². The summed E-state index contributed by atoms with van der Waals surface area (Å²) in [5.41, 5.74) is 0.760. The number of amides is 1. The fourth-order valence-electron chi connectivity index (χ4n) is 3.19. The third kappa shape index (κ3) is 4.48. The fourth-order valence-corrected chi connectivity index (χ4v) is 3.19. The van der Waals surface area contributed by atoms with Gasteiger partial charge in [0.1, 0.15) is 5.56 Å². The first-order chi connectivity index (χ1) is 14.0. The third-order valence-corrected chi connectivity index (χ3v) is 4.56. The van der Waals surface area contributed by atoms with E-state index in [2.05, 4.69) is 9.88 Å². The number of nitrogens with zero attached hydrogens (tertiary/aromatic N) is 2. The molecule has 0 fully saturated rings. The topological polar surface area (TPSA) is 95.6 Å². The molecule has 0 aliphatic carbocycles. The van der Waals surface area contributed by atoms with Crippen LogP contribution < -0.4 is 14.8 Å². The largest absolute Gasteiger partial charge is 0.493 e. The summed E-state index contributed by atoms with van der Waals surface area (Å²) in [5.74, 6) is -0.00295. The highest BCUT2D eigenvalue weighted by Gasteiger charge is 2.24. The van der Waals surface area contributed by atoms with Crippen molar-refractivity contribution in [3.63, 3.8) is 0 Å². The van der Waals surface area contributed by atoms with Crippen LogP contribution in [0.1, 0.15) is 23.7 Å². The lowest BCUT2D eigenvalue weighted by Gasteiger charge is -2.12. The molecule has 0 unspecified atom stereocenters. The van der Waals surface area contributed by atoms with Gasteiger partial charge in [0.2, 0.25) is 0 Å². The maximum absolute atomic E-state index is 12.6. The summed E-state index contributed by atoms with van der Waals surface area (Å²) in [4.78, 5) is 23.4. The van der Waals surface area contributed by atoms with Gasteiger partial charge in [-0.3, -0.25) is 14.9 Å². The number of hydrogen-bond acceptors (Lipinski definition) is 5. The Morgan fingerprint density at radius 2 is 2.00 bits per heavy atom. The number of fused-ring (bicyclic) bond motifs is 1. The molecule has 8 nitrogen and oxygen atoms in total. The van der Waals surface area contributed by atoms with Crippen LogP contribution in [-0.4, -0.2) is 35.7 Å². The third-order valence-electron chi connectivity index (χ3n) is 4.56. The van der Waals surface area contributed by atoms with E-state index in [1.165, 1.54) is 19.2 Å². The minimum atomic E-state index is -0.598. The van der Waals surface area contributed by atoms with Crippen molar-refractivity contribution in [2.45, 2.75) is 19.9 Å². The lowest BCUT2D eigenvalue weighted by Crippen LogP contribution is -2.26. The van der Waals surface area contributed by atoms with Crippen LogP contribution >= 0.6 is 0 Å². The maximum Gasteiger partial charge on any atom is 0.286 e. The van der Waals surface area contributed by atoms with Gasteiger partial charge in [0, 0.05) is 30.9 Å². The van der Waals surface area contributed by atoms with Crippen LogP contribution in [0.15, 0.2) is 48.7 Å². The smallest absolute Gasteiger partial charge is 0.286 e. The first-order valence-electron chi connectivity index (χ1n) is 9.36. The number of rotatable bonds is 9. The van der Waals surface area contributed by atoms with Crippen molar-refractivity contribution < 1.29 is 19.2 Å². The summed E-state index contributed by atoms with van der Waals surface area (Å²) in [6.07, 6.45) is 2.70. The molecule has 0 bridgehead atoms. The van der Waals surface area contributed by atoms with Gasteiger partial charge in [-0.25, -0.2) is 0 Å². The van der Waals surface area contributed by atoms with Crippen LogP contribution in [0.3, 0.4) is 0 Å². The first-order valence-corrected chi connectivity index (χ1v) is 9.36. The molecule has 3 rings (SSSR count). The van der Waals surface area contributed by atoms with Gasteiger partial charge in [0.15, 0.2) is 11.5 Å². The quantitative estimate of drug-likeness (QED) is 0.337. The van der Waals surface area contributed by atoms with Crippen LogP contribution in [0.4, 0.5) is 5.69 Å². The molecule has 0 atom stereocenters.